The van der Waals surface area contributed by atoms with Crippen LogP contribution in [0.2, 0.25) is 0 Å². The number of hydrogen-bond acceptors (Lipinski definition) is 3. The molecule has 0 aliphatic carbocycles. The lowest BCUT2D eigenvalue weighted by Crippen LogP contribution is -2.23. The van der Waals surface area contributed by atoms with E-state index < -0.39 is 0 Å². The standard InChI is InChI=1S/C19H20N2O2/c1-2-3-5-11-16-17(22)15-12-8-13-20-18(15)21(19(16)23)14-9-6-4-7-10-14/h4,6-10,12-13,22H,2-3,5,11H2,1H3. The van der Waals surface area contributed by atoms with Crippen LogP contribution in [0.1, 0.15) is 31.7 Å². The Morgan fingerprint density at radius 3 is 2.61 bits per heavy atom. The topological polar surface area (TPSA) is 55.1 Å². The molecule has 3 aromatic rings. The molecule has 0 amide bonds. The highest BCUT2D eigenvalue weighted by molar-refractivity contribution is 5.84. The highest BCUT2D eigenvalue weighted by Crippen LogP contribution is 2.27. The minimum atomic E-state index is -0.184. The first-order valence-electron chi connectivity index (χ1n) is 8.01. The van der Waals surface area contributed by atoms with E-state index in [9.17, 15) is 9.90 Å². The van der Waals surface area contributed by atoms with Crippen LogP contribution in [0.25, 0.3) is 16.7 Å². The minimum absolute atomic E-state index is 0.0707. The molecule has 4 heteroatoms. The molecule has 0 unspecified atom stereocenters. The number of pyridine rings is 2. The SMILES string of the molecule is CCCCCc1c(O)c2cccnc2n(-c2ccccc2)c1=O. The highest BCUT2D eigenvalue weighted by Gasteiger charge is 2.17. The number of nitrogens with zero attached hydrogens (tertiary/aromatic N) is 2. The second-order valence-corrected chi connectivity index (χ2v) is 5.63. The van der Waals surface area contributed by atoms with Gasteiger partial charge in [0.05, 0.1) is 16.6 Å². The number of para-hydroxylation sites is 1. The first-order valence-corrected chi connectivity index (χ1v) is 8.01. The minimum Gasteiger partial charge on any atom is -0.507 e. The van der Waals surface area contributed by atoms with Crippen LogP contribution in [0.4, 0.5) is 0 Å². The van der Waals surface area contributed by atoms with Gasteiger partial charge in [-0.05, 0) is 37.1 Å². The van der Waals surface area contributed by atoms with Crippen molar-refractivity contribution in [2.45, 2.75) is 32.6 Å². The Hall–Kier alpha value is -2.62. The molecule has 0 saturated carbocycles. The van der Waals surface area contributed by atoms with Gasteiger partial charge in [0.25, 0.3) is 5.56 Å². The molecule has 1 N–H and O–H groups in total. The van der Waals surface area contributed by atoms with Crippen molar-refractivity contribution in [2.75, 3.05) is 0 Å². The lowest BCUT2D eigenvalue weighted by Gasteiger charge is -2.14. The predicted molar refractivity (Wildman–Crippen MR) is 92.2 cm³/mol. The van der Waals surface area contributed by atoms with Gasteiger partial charge in [-0.15, -0.1) is 0 Å². The molecule has 0 bridgehead atoms. The Labute approximate surface area is 135 Å². The van der Waals surface area contributed by atoms with Crippen LogP contribution in [0.3, 0.4) is 0 Å². The molecule has 23 heavy (non-hydrogen) atoms. The van der Waals surface area contributed by atoms with Gasteiger partial charge in [0.15, 0.2) is 5.65 Å². The molecule has 3 rings (SSSR count). The van der Waals surface area contributed by atoms with Crippen molar-refractivity contribution in [3.63, 3.8) is 0 Å². The normalized spacial score (nSPS) is 11.0. The number of hydrogen-bond donors (Lipinski definition) is 1. The van der Waals surface area contributed by atoms with E-state index in [1.54, 1.807) is 22.9 Å². The Morgan fingerprint density at radius 1 is 1.09 bits per heavy atom. The molecule has 0 spiro atoms. The number of unbranched alkanes of at least 4 members (excludes halogenated alkanes) is 2. The largest absolute Gasteiger partial charge is 0.507 e. The number of aromatic hydroxyl groups is 1. The summed E-state index contributed by atoms with van der Waals surface area (Å²) in [4.78, 5) is 17.3. The number of fused-ring (bicyclic) bond motifs is 1. The van der Waals surface area contributed by atoms with Crippen LogP contribution in [-0.4, -0.2) is 14.7 Å². The average Bonchev–Trinajstić information content (AvgIpc) is 2.59. The van der Waals surface area contributed by atoms with Crippen molar-refractivity contribution in [2.24, 2.45) is 0 Å². The van der Waals surface area contributed by atoms with Gasteiger partial charge in [-0.2, -0.15) is 0 Å². The van der Waals surface area contributed by atoms with Crippen LogP contribution >= 0.6 is 0 Å². The summed E-state index contributed by atoms with van der Waals surface area (Å²) in [5.74, 6) is 0.0707. The van der Waals surface area contributed by atoms with E-state index in [0.29, 0.717) is 23.0 Å². The van der Waals surface area contributed by atoms with Crippen LogP contribution in [0.5, 0.6) is 5.75 Å². The van der Waals surface area contributed by atoms with Crippen molar-refractivity contribution in [1.82, 2.24) is 9.55 Å². The zero-order valence-electron chi connectivity index (χ0n) is 13.2. The van der Waals surface area contributed by atoms with E-state index >= 15 is 0 Å². The Bertz CT molecular complexity index is 870. The molecule has 4 nitrogen and oxygen atoms in total. The molecule has 0 atom stereocenters. The van der Waals surface area contributed by atoms with Gasteiger partial charge in [0, 0.05) is 6.20 Å². The van der Waals surface area contributed by atoms with E-state index in [2.05, 4.69) is 11.9 Å². The molecular weight excluding hydrogens is 288 g/mol. The quantitative estimate of drug-likeness (QED) is 0.729. The maximum Gasteiger partial charge on any atom is 0.263 e. The van der Waals surface area contributed by atoms with Crippen LogP contribution in [-0.2, 0) is 6.42 Å². The fraction of sp³-hybridized carbons (Fsp3) is 0.263. The van der Waals surface area contributed by atoms with E-state index in [1.165, 1.54) is 0 Å². The van der Waals surface area contributed by atoms with Gasteiger partial charge in [-0.1, -0.05) is 38.0 Å². The molecule has 0 aliphatic heterocycles. The second-order valence-electron chi connectivity index (χ2n) is 5.63. The van der Waals surface area contributed by atoms with E-state index in [4.69, 9.17) is 0 Å². The van der Waals surface area contributed by atoms with Crippen LogP contribution < -0.4 is 5.56 Å². The summed E-state index contributed by atoms with van der Waals surface area (Å²) in [6, 6.07) is 13.0. The third kappa shape index (κ3) is 2.84. The van der Waals surface area contributed by atoms with Crippen LogP contribution in [0, 0.1) is 0 Å². The molecule has 118 valence electrons. The van der Waals surface area contributed by atoms with Crippen LogP contribution in [0.15, 0.2) is 53.5 Å². The van der Waals surface area contributed by atoms with Gasteiger partial charge in [-0.25, -0.2) is 4.98 Å². The first-order chi connectivity index (χ1) is 11.2. The Morgan fingerprint density at radius 2 is 1.87 bits per heavy atom. The predicted octanol–water partition coefficient (Wildman–Crippen LogP) is 3.82. The van der Waals surface area contributed by atoms with Crippen molar-refractivity contribution >= 4 is 11.0 Å². The summed E-state index contributed by atoms with van der Waals surface area (Å²) >= 11 is 0. The molecule has 1 aromatic carbocycles. The van der Waals surface area contributed by atoms with Gasteiger partial charge < -0.3 is 5.11 Å². The van der Waals surface area contributed by atoms with Gasteiger partial charge >= 0.3 is 0 Å². The summed E-state index contributed by atoms with van der Waals surface area (Å²) in [5.41, 5.74) is 1.54. The number of benzene rings is 1. The highest BCUT2D eigenvalue weighted by atomic mass is 16.3. The Balaban J connectivity index is 2.27. The molecule has 0 saturated heterocycles. The third-order valence-corrected chi connectivity index (χ3v) is 4.05. The summed E-state index contributed by atoms with van der Waals surface area (Å²) in [6.07, 6.45) is 5.21. The van der Waals surface area contributed by atoms with E-state index in [1.807, 2.05) is 30.3 Å². The smallest absolute Gasteiger partial charge is 0.263 e. The molecular formula is C19H20N2O2. The lowest BCUT2D eigenvalue weighted by molar-refractivity contribution is 0.470. The molecule has 0 aliphatic rings. The van der Waals surface area contributed by atoms with Crippen molar-refractivity contribution in [3.05, 3.63) is 64.6 Å². The summed E-state index contributed by atoms with van der Waals surface area (Å²) in [5, 5.41) is 11.2. The molecule has 2 heterocycles. The monoisotopic (exact) mass is 308 g/mol. The van der Waals surface area contributed by atoms with Crippen molar-refractivity contribution in [1.29, 1.82) is 0 Å². The van der Waals surface area contributed by atoms with Gasteiger partial charge in [0.1, 0.15) is 5.75 Å². The van der Waals surface area contributed by atoms with E-state index in [0.717, 1.165) is 24.9 Å². The second kappa shape index (κ2) is 6.65. The molecule has 2 aromatic heterocycles. The Kier molecular flexibility index (Phi) is 4.42. The van der Waals surface area contributed by atoms with Crippen molar-refractivity contribution in [3.8, 4) is 11.4 Å². The zero-order valence-corrected chi connectivity index (χ0v) is 13.2. The number of aromatic nitrogens is 2. The molecule has 0 radical (unpaired) electrons. The van der Waals surface area contributed by atoms with Gasteiger partial charge in [-0.3, -0.25) is 9.36 Å². The summed E-state index contributed by atoms with van der Waals surface area (Å²) in [6.45, 7) is 2.12. The fourth-order valence-electron chi connectivity index (χ4n) is 2.85. The molecule has 0 fully saturated rings. The first kappa shape index (κ1) is 15.3. The maximum absolute atomic E-state index is 13.0. The van der Waals surface area contributed by atoms with Crippen molar-refractivity contribution < 1.29 is 5.11 Å². The third-order valence-electron chi connectivity index (χ3n) is 4.05. The van der Waals surface area contributed by atoms with E-state index in [-0.39, 0.29) is 11.3 Å². The van der Waals surface area contributed by atoms with Gasteiger partial charge in [0.2, 0.25) is 0 Å². The number of rotatable bonds is 5. The summed E-state index contributed by atoms with van der Waals surface area (Å²) in [7, 11) is 0. The maximum atomic E-state index is 13.0. The fourth-order valence-corrected chi connectivity index (χ4v) is 2.85. The summed E-state index contributed by atoms with van der Waals surface area (Å²) < 4.78 is 1.59. The average molecular weight is 308 g/mol. The zero-order chi connectivity index (χ0) is 16.2. The lowest BCUT2D eigenvalue weighted by atomic mass is 10.1.